The summed E-state index contributed by atoms with van der Waals surface area (Å²) in [4.78, 5) is 8.29. The Kier molecular flexibility index (Phi) is 4.17. The van der Waals surface area contributed by atoms with Crippen LogP contribution in [-0.2, 0) is 0 Å². The summed E-state index contributed by atoms with van der Waals surface area (Å²) in [6, 6.07) is 0.0830. The first kappa shape index (κ1) is 12.6. The zero-order valence-corrected chi connectivity index (χ0v) is 11.4. The van der Waals surface area contributed by atoms with E-state index >= 15 is 0 Å². The van der Waals surface area contributed by atoms with Crippen molar-refractivity contribution in [3.8, 4) is 0 Å². The molecule has 1 heterocycles. The predicted octanol–water partition coefficient (Wildman–Crippen LogP) is 2.00. The molecule has 0 aliphatic heterocycles. The van der Waals surface area contributed by atoms with E-state index in [1.54, 1.807) is 0 Å². The highest BCUT2D eigenvalue weighted by Gasteiger charge is 2.24. The Morgan fingerprint density at radius 3 is 2.71 bits per heavy atom. The number of nitrogens with one attached hydrogen (secondary N) is 2. The molecule has 94 valence electrons. The molecule has 0 bridgehead atoms. The lowest BCUT2D eigenvalue weighted by atomic mass is 9.93. The minimum atomic E-state index is -0.288. The van der Waals surface area contributed by atoms with E-state index in [2.05, 4.69) is 36.5 Å². The molecule has 5 nitrogen and oxygen atoms in total. The summed E-state index contributed by atoms with van der Waals surface area (Å²) in [7, 11) is 1.81. The molecule has 3 N–H and O–H groups in total. The summed E-state index contributed by atoms with van der Waals surface area (Å²) in [6.45, 7) is 0. The van der Waals surface area contributed by atoms with Gasteiger partial charge in [0.25, 0.3) is 0 Å². The average molecular weight is 301 g/mol. The van der Waals surface area contributed by atoms with Gasteiger partial charge in [0.2, 0.25) is 0 Å². The van der Waals surface area contributed by atoms with Crippen molar-refractivity contribution in [2.45, 2.75) is 37.8 Å². The van der Waals surface area contributed by atoms with Crippen LogP contribution in [0.5, 0.6) is 0 Å². The van der Waals surface area contributed by atoms with Crippen molar-refractivity contribution in [1.29, 1.82) is 0 Å². The number of halogens is 1. The Morgan fingerprint density at radius 1 is 1.29 bits per heavy atom. The quantitative estimate of drug-likeness (QED) is 0.796. The van der Waals surface area contributed by atoms with Gasteiger partial charge in [-0.1, -0.05) is 12.8 Å². The third-order valence-corrected chi connectivity index (χ3v) is 3.83. The highest BCUT2D eigenvalue weighted by atomic mass is 79.9. The van der Waals surface area contributed by atoms with Gasteiger partial charge in [-0.25, -0.2) is 9.97 Å². The summed E-state index contributed by atoms with van der Waals surface area (Å²) < 4.78 is 0.806. The first-order chi connectivity index (χ1) is 8.22. The zero-order valence-electron chi connectivity index (χ0n) is 9.78. The van der Waals surface area contributed by atoms with Crippen molar-refractivity contribution >= 4 is 27.6 Å². The number of nitrogens with zero attached hydrogens (tertiary/aromatic N) is 2. The third-order valence-electron chi connectivity index (χ3n) is 3.08. The molecule has 1 saturated carbocycles. The van der Waals surface area contributed by atoms with Gasteiger partial charge >= 0.3 is 0 Å². The van der Waals surface area contributed by atoms with Crippen LogP contribution in [-0.4, -0.2) is 34.3 Å². The second-order valence-corrected chi connectivity index (χ2v) is 5.03. The third kappa shape index (κ3) is 2.87. The Balaban J connectivity index is 2.12. The number of rotatable bonds is 3. The van der Waals surface area contributed by atoms with E-state index < -0.39 is 0 Å². The van der Waals surface area contributed by atoms with Gasteiger partial charge in [0, 0.05) is 7.05 Å². The molecule has 1 aliphatic rings. The fraction of sp³-hybridized carbons (Fsp3) is 0.636. The summed E-state index contributed by atoms with van der Waals surface area (Å²) in [6.07, 6.45) is 5.31. The minimum Gasteiger partial charge on any atom is -0.391 e. The number of aliphatic hydroxyl groups is 1. The highest BCUT2D eigenvalue weighted by molar-refractivity contribution is 9.10. The Morgan fingerprint density at radius 2 is 2.00 bits per heavy atom. The molecule has 6 heteroatoms. The molecule has 0 radical (unpaired) electrons. The molecule has 1 fully saturated rings. The lowest BCUT2D eigenvalue weighted by Gasteiger charge is -2.29. The van der Waals surface area contributed by atoms with Gasteiger partial charge in [0.15, 0.2) is 0 Å². The van der Waals surface area contributed by atoms with Gasteiger partial charge in [-0.2, -0.15) is 0 Å². The molecule has 0 saturated heterocycles. The molecule has 1 aliphatic carbocycles. The van der Waals surface area contributed by atoms with E-state index in [0.717, 1.165) is 41.8 Å². The van der Waals surface area contributed by atoms with Crippen LogP contribution in [0.25, 0.3) is 0 Å². The first-order valence-corrected chi connectivity index (χ1v) is 6.64. The normalized spacial score (nSPS) is 24.4. The zero-order chi connectivity index (χ0) is 12.3. The van der Waals surface area contributed by atoms with Crippen molar-refractivity contribution in [2.24, 2.45) is 0 Å². The predicted molar refractivity (Wildman–Crippen MR) is 71.2 cm³/mol. The molecule has 0 amide bonds. The van der Waals surface area contributed by atoms with Crippen LogP contribution in [0.4, 0.5) is 11.6 Å². The van der Waals surface area contributed by atoms with Gasteiger partial charge in [0.05, 0.1) is 12.1 Å². The van der Waals surface area contributed by atoms with Crippen LogP contribution < -0.4 is 10.6 Å². The molecule has 2 unspecified atom stereocenters. The summed E-state index contributed by atoms with van der Waals surface area (Å²) in [5, 5.41) is 16.2. The van der Waals surface area contributed by atoms with Gasteiger partial charge in [-0.15, -0.1) is 0 Å². The highest BCUT2D eigenvalue weighted by Crippen LogP contribution is 2.29. The van der Waals surface area contributed by atoms with E-state index in [1.807, 2.05) is 7.05 Å². The molecule has 0 spiro atoms. The Labute approximate surface area is 109 Å². The van der Waals surface area contributed by atoms with Gasteiger partial charge in [0.1, 0.15) is 22.4 Å². The van der Waals surface area contributed by atoms with Crippen molar-refractivity contribution in [3.05, 3.63) is 10.8 Å². The molecule has 17 heavy (non-hydrogen) atoms. The summed E-state index contributed by atoms with van der Waals surface area (Å²) >= 11 is 3.46. The van der Waals surface area contributed by atoms with Crippen molar-refractivity contribution in [1.82, 2.24) is 9.97 Å². The number of anilines is 2. The van der Waals surface area contributed by atoms with Crippen LogP contribution in [0, 0.1) is 0 Å². The number of aliphatic hydroxyl groups excluding tert-OH is 1. The molecule has 2 rings (SSSR count). The van der Waals surface area contributed by atoms with Gasteiger partial charge < -0.3 is 15.7 Å². The Hall–Kier alpha value is -0.880. The van der Waals surface area contributed by atoms with Gasteiger partial charge in [-0.05, 0) is 28.8 Å². The number of aromatic nitrogens is 2. The maximum atomic E-state index is 9.91. The molecular formula is C11H17BrN4O. The SMILES string of the molecule is CNc1ncnc(NC2CCCCC2O)c1Br. The van der Waals surface area contributed by atoms with Gasteiger partial charge in [-0.3, -0.25) is 0 Å². The van der Waals surface area contributed by atoms with E-state index in [9.17, 15) is 5.11 Å². The van der Waals surface area contributed by atoms with E-state index in [0.29, 0.717) is 0 Å². The maximum absolute atomic E-state index is 9.91. The fourth-order valence-corrected chi connectivity index (χ4v) is 2.62. The standard InChI is InChI=1S/C11H17BrN4O/c1-13-10-9(12)11(15-6-14-10)16-7-4-2-3-5-8(7)17/h6-8,17H,2-5H2,1H3,(H2,13,14,15,16). The second kappa shape index (κ2) is 5.64. The second-order valence-electron chi connectivity index (χ2n) is 4.24. The lowest BCUT2D eigenvalue weighted by Crippen LogP contribution is -2.36. The average Bonchev–Trinajstić information content (AvgIpc) is 2.34. The minimum absolute atomic E-state index is 0.0830. The Bertz CT molecular complexity index is 388. The fourth-order valence-electron chi connectivity index (χ4n) is 2.10. The topological polar surface area (TPSA) is 70.1 Å². The summed E-state index contributed by atoms with van der Waals surface area (Å²) in [5.41, 5.74) is 0. The molecule has 2 atom stereocenters. The largest absolute Gasteiger partial charge is 0.391 e. The van der Waals surface area contributed by atoms with Crippen LogP contribution in [0.15, 0.2) is 10.8 Å². The monoisotopic (exact) mass is 300 g/mol. The molecule has 0 aromatic carbocycles. The van der Waals surface area contributed by atoms with Crippen molar-refractivity contribution in [3.63, 3.8) is 0 Å². The van der Waals surface area contributed by atoms with Crippen molar-refractivity contribution < 1.29 is 5.11 Å². The van der Waals surface area contributed by atoms with E-state index in [1.165, 1.54) is 6.33 Å². The van der Waals surface area contributed by atoms with Crippen LogP contribution >= 0.6 is 15.9 Å². The smallest absolute Gasteiger partial charge is 0.146 e. The lowest BCUT2D eigenvalue weighted by molar-refractivity contribution is 0.116. The summed E-state index contributed by atoms with van der Waals surface area (Å²) in [5.74, 6) is 1.48. The van der Waals surface area contributed by atoms with E-state index in [-0.39, 0.29) is 12.1 Å². The number of hydrogen-bond donors (Lipinski definition) is 3. The van der Waals surface area contributed by atoms with Crippen LogP contribution in [0.1, 0.15) is 25.7 Å². The first-order valence-electron chi connectivity index (χ1n) is 5.85. The van der Waals surface area contributed by atoms with Crippen molar-refractivity contribution in [2.75, 3.05) is 17.7 Å². The molecular weight excluding hydrogens is 284 g/mol. The molecule has 1 aromatic rings. The number of hydrogen-bond acceptors (Lipinski definition) is 5. The van der Waals surface area contributed by atoms with E-state index in [4.69, 9.17) is 0 Å². The maximum Gasteiger partial charge on any atom is 0.146 e. The van der Waals surface area contributed by atoms with Crippen LogP contribution in [0.3, 0.4) is 0 Å². The molecule has 1 aromatic heterocycles. The van der Waals surface area contributed by atoms with Crippen LogP contribution in [0.2, 0.25) is 0 Å².